The summed E-state index contributed by atoms with van der Waals surface area (Å²) in [5.41, 5.74) is 1.93. The lowest BCUT2D eigenvalue weighted by Crippen LogP contribution is -2.39. The van der Waals surface area contributed by atoms with Gasteiger partial charge in [-0.05, 0) is 50.3 Å². The van der Waals surface area contributed by atoms with Crippen molar-refractivity contribution in [2.75, 3.05) is 38.1 Å². The van der Waals surface area contributed by atoms with Gasteiger partial charge in [0.1, 0.15) is 17.4 Å². The molecule has 9 nitrogen and oxygen atoms in total. The Bertz CT molecular complexity index is 1440. The van der Waals surface area contributed by atoms with Crippen molar-refractivity contribution >= 4 is 23.3 Å². The number of aromatic nitrogens is 3. The number of carbonyl (C=O) groups excluding carboxylic acids is 2. The second kappa shape index (κ2) is 9.07. The van der Waals surface area contributed by atoms with Crippen LogP contribution in [0.3, 0.4) is 0 Å². The third kappa shape index (κ3) is 4.25. The predicted octanol–water partition coefficient (Wildman–Crippen LogP) is 3.06. The number of fused-ring (bicyclic) bond motifs is 4. The van der Waals surface area contributed by atoms with Crippen LogP contribution < -0.4 is 15.0 Å². The number of likely N-dealkylation sites (N-methyl/N-ethyl adjacent to an activating group) is 1. The van der Waals surface area contributed by atoms with Crippen LogP contribution in [-0.4, -0.2) is 64.5 Å². The first-order valence-corrected chi connectivity index (χ1v) is 12.4. The normalized spacial score (nSPS) is 22.8. The zero-order valence-corrected chi connectivity index (χ0v) is 19.7. The van der Waals surface area contributed by atoms with E-state index in [0.29, 0.717) is 30.1 Å². The van der Waals surface area contributed by atoms with Gasteiger partial charge in [-0.2, -0.15) is 9.61 Å². The molecule has 1 N–H and O–H groups in total. The lowest BCUT2D eigenvalue weighted by atomic mass is 9.98. The Morgan fingerprint density at radius 3 is 2.83 bits per heavy atom. The van der Waals surface area contributed by atoms with Crippen molar-refractivity contribution in [3.8, 4) is 5.75 Å². The molecule has 2 aliphatic heterocycles. The van der Waals surface area contributed by atoms with Crippen LogP contribution in [-0.2, 0) is 4.79 Å². The van der Waals surface area contributed by atoms with Gasteiger partial charge in [0.2, 0.25) is 0 Å². The van der Waals surface area contributed by atoms with E-state index in [4.69, 9.17) is 18.9 Å². The quantitative estimate of drug-likeness (QED) is 0.558. The second-order valence-corrected chi connectivity index (χ2v) is 9.59. The first-order valence-electron chi connectivity index (χ1n) is 13.9. The number of carbonyl (C=O) groups is 2. The average molecular weight is 496 g/mol. The summed E-state index contributed by atoms with van der Waals surface area (Å²) in [6.45, 7) is -2.46. The van der Waals surface area contributed by atoms with Crippen LogP contribution >= 0.6 is 0 Å². The number of hydrogen-bond acceptors (Lipinski definition) is 6. The van der Waals surface area contributed by atoms with Gasteiger partial charge in [0.05, 0.1) is 17.3 Å². The third-order valence-electron chi connectivity index (χ3n) is 7.01. The second-order valence-electron chi connectivity index (χ2n) is 9.59. The number of piperidine rings is 1. The maximum atomic E-state index is 14.3. The highest BCUT2D eigenvalue weighted by Gasteiger charge is 2.33. The molecule has 1 saturated carbocycles. The van der Waals surface area contributed by atoms with Gasteiger partial charge in [0, 0.05) is 54.5 Å². The zero-order valence-electron chi connectivity index (χ0n) is 22.7. The van der Waals surface area contributed by atoms with Crippen molar-refractivity contribution in [3.63, 3.8) is 0 Å². The fourth-order valence-electron chi connectivity index (χ4n) is 4.99. The summed E-state index contributed by atoms with van der Waals surface area (Å²) < 4.78 is 46.1. The highest BCUT2D eigenvalue weighted by Crippen LogP contribution is 2.41. The summed E-state index contributed by atoms with van der Waals surface area (Å²) >= 11 is 0. The summed E-state index contributed by atoms with van der Waals surface area (Å²) in [5.74, 6) is -0.787. The number of benzene rings is 1. The Balaban J connectivity index is 1.51. The Kier molecular flexibility index (Phi) is 4.91. The van der Waals surface area contributed by atoms with E-state index in [0.717, 1.165) is 37.4 Å². The van der Waals surface area contributed by atoms with Crippen LogP contribution in [0.1, 0.15) is 69.9 Å². The molecule has 3 aliphatic rings. The van der Waals surface area contributed by atoms with E-state index in [-0.39, 0.29) is 30.3 Å². The van der Waals surface area contributed by atoms with Crippen molar-refractivity contribution in [2.24, 2.45) is 0 Å². The summed E-state index contributed by atoms with van der Waals surface area (Å²) in [4.78, 5) is 34.1. The Morgan fingerprint density at radius 2 is 2.00 bits per heavy atom. The highest BCUT2D eigenvalue weighted by atomic mass is 19.1. The van der Waals surface area contributed by atoms with Gasteiger partial charge in [-0.1, -0.05) is 0 Å². The lowest BCUT2D eigenvalue weighted by Gasteiger charge is -2.35. The zero-order chi connectivity index (χ0) is 27.3. The summed E-state index contributed by atoms with van der Waals surface area (Å²) in [5, 5.41) is 7.47. The van der Waals surface area contributed by atoms with Crippen LogP contribution in [0.4, 0.5) is 10.2 Å². The molecule has 188 valence electrons. The van der Waals surface area contributed by atoms with Crippen LogP contribution in [0.2, 0.25) is 0 Å². The third-order valence-corrected chi connectivity index (χ3v) is 7.01. The average Bonchev–Trinajstić information content (AvgIpc) is 3.67. The maximum absolute atomic E-state index is 14.3. The van der Waals surface area contributed by atoms with Gasteiger partial charge >= 0.3 is 0 Å². The van der Waals surface area contributed by atoms with Crippen LogP contribution in [0.15, 0.2) is 30.3 Å². The molecule has 2 amide bonds. The number of nitrogens with zero attached hydrogens (tertiary/aromatic N) is 5. The molecule has 10 heteroatoms. The molecule has 1 atom stereocenters. The standard InChI is InChI=1S/C26H29FN6O3/c1-31-11-9-28-24(34)15-36-22-8-7-17(27)12-18(22)26(35)32-10-3-2-4-21(32)20-13-23-29-19(16-5-6-16)14-25(31)33(23)30-20/h7-8,12-14,16,21H,2-6,9-11,15H2,1H3,(H,28,34)/i1D3. The molecule has 2 bridgehead atoms. The molecule has 2 aromatic heterocycles. The van der Waals surface area contributed by atoms with Gasteiger partial charge in [0.15, 0.2) is 12.3 Å². The monoisotopic (exact) mass is 495 g/mol. The Morgan fingerprint density at radius 1 is 1.11 bits per heavy atom. The van der Waals surface area contributed by atoms with Crippen molar-refractivity contribution in [1.29, 1.82) is 0 Å². The van der Waals surface area contributed by atoms with E-state index in [1.54, 1.807) is 11.0 Å². The molecule has 6 rings (SSSR count). The molecule has 2 fully saturated rings. The minimum Gasteiger partial charge on any atom is -0.483 e. The molecule has 1 unspecified atom stereocenters. The summed E-state index contributed by atoms with van der Waals surface area (Å²) in [7, 11) is 0. The number of rotatable bonds is 1. The first-order chi connectivity index (χ1) is 18.7. The summed E-state index contributed by atoms with van der Waals surface area (Å²) in [6, 6.07) is 6.81. The van der Waals surface area contributed by atoms with Gasteiger partial charge in [-0.25, -0.2) is 9.37 Å². The highest BCUT2D eigenvalue weighted by molar-refractivity contribution is 5.97. The molecule has 0 radical (unpaired) electrons. The minimum absolute atomic E-state index is 0.00348. The molecule has 36 heavy (non-hydrogen) atoms. The SMILES string of the molecule is [2H]C([2H])([2H])N1CCNC(=O)COc2ccc(F)cc2C(=O)N2CCCCC2c2cc3nc(C4CC4)cc1n3n2. The number of nitrogens with one attached hydrogen (secondary N) is 1. The fourth-order valence-corrected chi connectivity index (χ4v) is 4.99. The molecule has 1 aliphatic carbocycles. The fraction of sp³-hybridized carbons (Fsp3) is 0.462. The van der Waals surface area contributed by atoms with Gasteiger partial charge < -0.3 is 19.9 Å². The molecule has 3 aromatic rings. The van der Waals surface area contributed by atoms with Crippen molar-refractivity contribution < 1.29 is 22.8 Å². The van der Waals surface area contributed by atoms with E-state index in [1.807, 2.05) is 6.07 Å². The van der Waals surface area contributed by atoms with E-state index < -0.39 is 37.3 Å². The number of hydrogen-bond donors (Lipinski definition) is 1. The lowest BCUT2D eigenvalue weighted by molar-refractivity contribution is -0.123. The van der Waals surface area contributed by atoms with Gasteiger partial charge in [-0.3, -0.25) is 9.59 Å². The largest absolute Gasteiger partial charge is 0.483 e. The van der Waals surface area contributed by atoms with Crippen LogP contribution in [0.5, 0.6) is 5.75 Å². The first kappa shape index (κ1) is 19.5. The maximum Gasteiger partial charge on any atom is 0.258 e. The smallest absolute Gasteiger partial charge is 0.258 e. The predicted molar refractivity (Wildman–Crippen MR) is 131 cm³/mol. The number of amides is 2. The topological polar surface area (TPSA) is 92.1 Å². The van der Waals surface area contributed by atoms with Crippen molar-refractivity contribution in [3.05, 3.63) is 53.1 Å². The van der Waals surface area contributed by atoms with E-state index in [9.17, 15) is 14.0 Å². The minimum atomic E-state index is -2.51. The van der Waals surface area contributed by atoms with Crippen molar-refractivity contribution in [2.45, 2.75) is 44.1 Å². The van der Waals surface area contributed by atoms with E-state index in [1.165, 1.54) is 21.5 Å². The molecular formula is C26H29FN6O3. The molecule has 1 aromatic carbocycles. The van der Waals surface area contributed by atoms with Crippen LogP contribution in [0, 0.1) is 5.82 Å². The van der Waals surface area contributed by atoms with Gasteiger partial charge in [-0.15, -0.1) is 0 Å². The number of anilines is 1. The number of ether oxygens (including phenoxy) is 1. The molecule has 4 heterocycles. The van der Waals surface area contributed by atoms with Crippen LogP contribution in [0.25, 0.3) is 5.65 Å². The summed E-state index contributed by atoms with van der Waals surface area (Å²) in [6.07, 6.45) is 4.23. The Hall–Kier alpha value is -3.69. The van der Waals surface area contributed by atoms with Crippen molar-refractivity contribution in [1.82, 2.24) is 24.8 Å². The number of halogens is 1. The Labute approximate surface area is 212 Å². The van der Waals surface area contributed by atoms with E-state index >= 15 is 0 Å². The molecule has 0 spiro atoms. The molecule has 1 saturated heterocycles. The molecular weight excluding hydrogens is 463 g/mol. The van der Waals surface area contributed by atoms with Gasteiger partial charge in [0.25, 0.3) is 11.8 Å². The van der Waals surface area contributed by atoms with E-state index in [2.05, 4.69) is 5.32 Å².